The van der Waals surface area contributed by atoms with E-state index in [-0.39, 0.29) is 6.04 Å². The smallest absolute Gasteiger partial charge is 0.204 e. The summed E-state index contributed by atoms with van der Waals surface area (Å²) in [5.74, 6) is 0.588. The Morgan fingerprint density at radius 3 is 2.67 bits per heavy atom. The van der Waals surface area contributed by atoms with Crippen LogP contribution in [0.3, 0.4) is 0 Å². The lowest BCUT2D eigenvalue weighted by molar-refractivity contribution is 0.346. The van der Waals surface area contributed by atoms with Crippen molar-refractivity contribution in [2.24, 2.45) is 5.92 Å². The average Bonchev–Trinajstić information content (AvgIpc) is 2.33. The summed E-state index contributed by atoms with van der Waals surface area (Å²) in [4.78, 5) is 0. The van der Waals surface area contributed by atoms with Crippen molar-refractivity contribution in [3.8, 4) is 0 Å². The second-order valence-electron chi connectivity index (χ2n) is 3.83. The molecule has 0 amide bonds. The van der Waals surface area contributed by atoms with Crippen LogP contribution in [0, 0.1) is 5.92 Å². The molecule has 1 saturated heterocycles. The predicted molar refractivity (Wildman–Crippen MR) is 49.5 cm³/mol. The lowest BCUT2D eigenvalue weighted by atomic mass is 10.0. The quantitative estimate of drug-likeness (QED) is 0.676. The highest BCUT2D eigenvalue weighted by Gasteiger charge is 2.26. The molecule has 1 heterocycles. The SMILES string of the molecule is CC(C)CC1CCCN1[SH](=O)=O. The van der Waals surface area contributed by atoms with Gasteiger partial charge in [0.25, 0.3) is 0 Å². The van der Waals surface area contributed by atoms with Crippen molar-refractivity contribution in [3.05, 3.63) is 0 Å². The third kappa shape index (κ3) is 2.45. The van der Waals surface area contributed by atoms with E-state index in [1.807, 2.05) is 0 Å². The van der Waals surface area contributed by atoms with Crippen molar-refractivity contribution in [1.82, 2.24) is 4.31 Å². The molecular formula is C8H17NO2S. The molecule has 0 saturated carbocycles. The fourth-order valence-corrected chi connectivity index (χ4v) is 2.60. The first-order chi connectivity index (χ1) is 5.61. The molecule has 1 rings (SSSR count). The fraction of sp³-hybridized carbons (Fsp3) is 1.00. The van der Waals surface area contributed by atoms with Gasteiger partial charge in [0.1, 0.15) is 0 Å². The Kier molecular flexibility index (Phi) is 3.53. The zero-order valence-electron chi connectivity index (χ0n) is 7.69. The second-order valence-corrected chi connectivity index (χ2v) is 4.82. The van der Waals surface area contributed by atoms with E-state index in [1.165, 1.54) is 0 Å². The normalized spacial score (nSPS) is 25.8. The van der Waals surface area contributed by atoms with Gasteiger partial charge in [0.2, 0.25) is 10.9 Å². The average molecular weight is 191 g/mol. The number of nitrogens with zero attached hydrogens (tertiary/aromatic N) is 1. The fourth-order valence-electron chi connectivity index (χ4n) is 1.82. The van der Waals surface area contributed by atoms with Crippen molar-refractivity contribution in [2.75, 3.05) is 6.54 Å². The number of rotatable bonds is 3. The standard InChI is InChI=1S/C8H17NO2S/c1-7(2)6-8-4-3-5-9(8)12(10)11/h7-8,12H,3-6H2,1-2H3. The molecule has 0 N–H and O–H groups in total. The van der Waals surface area contributed by atoms with Crippen molar-refractivity contribution in [2.45, 2.75) is 39.2 Å². The molecule has 12 heavy (non-hydrogen) atoms. The summed E-state index contributed by atoms with van der Waals surface area (Å²) in [6, 6.07) is 0.283. The van der Waals surface area contributed by atoms with Gasteiger partial charge in [0, 0.05) is 12.6 Å². The van der Waals surface area contributed by atoms with Gasteiger partial charge in [-0.05, 0) is 25.2 Å². The molecule has 0 bridgehead atoms. The van der Waals surface area contributed by atoms with E-state index in [2.05, 4.69) is 13.8 Å². The molecular weight excluding hydrogens is 174 g/mol. The van der Waals surface area contributed by atoms with Gasteiger partial charge >= 0.3 is 0 Å². The van der Waals surface area contributed by atoms with Gasteiger partial charge in [0.05, 0.1) is 0 Å². The second kappa shape index (κ2) is 4.23. The highest BCUT2D eigenvalue weighted by atomic mass is 32.2. The summed E-state index contributed by atoms with van der Waals surface area (Å²) >= 11 is 0. The monoisotopic (exact) mass is 191 g/mol. The molecule has 72 valence electrons. The number of hydrogen-bond donors (Lipinski definition) is 1. The molecule has 1 aliphatic rings. The summed E-state index contributed by atoms with van der Waals surface area (Å²) < 4.78 is 23.1. The van der Waals surface area contributed by atoms with Crippen LogP contribution in [-0.4, -0.2) is 25.3 Å². The van der Waals surface area contributed by atoms with Gasteiger partial charge in [-0.1, -0.05) is 13.8 Å². The molecule has 1 atom stereocenters. The van der Waals surface area contributed by atoms with Crippen LogP contribution in [0.1, 0.15) is 33.1 Å². The molecule has 0 aromatic carbocycles. The molecule has 0 aliphatic carbocycles. The van der Waals surface area contributed by atoms with Crippen LogP contribution in [0.2, 0.25) is 0 Å². The minimum atomic E-state index is -2.34. The van der Waals surface area contributed by atoms with Crippen LogP contribution in [0.25, 0.3) is 0 Å². The van der Waals surface area contributed by atoms with E-state index in [4.69, 9.17) is 0 Å². The topological polar surface area (TPSA) is 37.4 Å². The highest BCUT2D eigenvalue weighted by molar-refractivity contribution is 7.69. The Hall–Kier alpha value is -0.0900. The summed E-state index contributed by atoms with van der Waals surface area (Å²) in [7, 11) is -2.34. The Morgan fingerprint density at radius 1 is 1.50 bits per heavy atom. The van der Waals surface area contributed by atoms with E-state index in [0.717, 1.165) is 25.8 Å². The summed E-state index contributed by atoms with van der Waals surface area (Å²) in [5.41, 5.74) is 0. The Balaban J connectivity index is 2.52. The van der Waals surface area contributed by atoms with Gasteiger partial charge < -0.3 is 0 Å². The third-order valence-electron chi connectivity index (χ3n) is 2.30. The third-order valence-corrected chi connectivity index (χ3v) is 3.25. The van der Waals surface area contributed by atoms with Gasteiger partial charge in [-0.25, -0.2) is 12.7 Å². The van der Waals surface area contributed by atoms with E-state index in [0.29, 0.717) is 5.92 Å². The van der Waals surface area contributed by atoms with Crippen molar-refractivity contribution >= 4 is 10.9 Å². The first-order valence-corrected chi connectivity index (χ1v) is 5.65. The van der Waals surface area contributed by atoms with E-state index >= 15 is 0 Å². The van der Waals surface area contributed by atoms with Gasteiger partial charge in [0.15, 0.2) is 0 Å². The summed E-state index contributed by atoms with van der Waals surface area (Å²) in [6.07, 6.45) is 3.07. The zero-order chi connectivity index (χ0) is 9.14. The van der Waals surface area contributed by atoms with E-state index in [9.17, 15) is 8.42 Å². The molecule has 3 nitrogen and oxygen atoms in total. The van der Waals surface area contributed by atoms with Crippen LogP contribution >= 0.6 is 0 Å². The van der Waals surface area contributed by atoms with E-state index < -0.39 is 10.9 Å². The Morgan fingerprint density at radius 2 is 2.17 bits per heavy atom. The first-order valence-electron chi connectivity index (χ1n) is 4.52. The van der Waals surface area contributed by atoms with Crippen LogP contribution in [0.15, 0.2) is 0 Å². The molecule has 1 unspecified atom stereocenters. The van der Waals surface area contributed by atoms with Crippen molar-refractivity contribution in [3.63, 3.8) is 0 Å². The number of hydrogen-bond acceptors (Lipinski definition) is 2. The maximum absolute atomic E-state index is 10.8. The van der Waals surface area contributed by atoms with Crippen molar-refractivity contribution in [1.29, 1.82) is 0 Å². The van der Waals surface area contributed by atoms with Crippen LogP contribution in [-0.2, 0) is 10.9 Å². The van der Waals surface area contributed by atoms with Gasteiger partial charge in [-0.2, -0.15) is 0 Å². The molecule has 1 fully saturated rings. The maximum Gasteiger partial charge on any atom is 0.204 e. The molecule has 1 aliphatic heterocycles. The molecule has 4 heteroatoms. The zero-order valence-corrected chi connectivity index (χ0v) is 8.59. The lowest BCUT2D eigenvalue weighted by Gasteiger charge is -2.19. The highest BCUT2D eigenvalue weighted by Crippen LogP contribution is 2.22. The van der Waals surface area contributed by atoms with Crippen LogP contribution < -0.4 is 0 Å². The maximum atomic E-state index is 10.8. The Bertz CT molecular complexity index is 205. The molecule has 0 aromatic rings. The molecule has 0 radical (unpaired) electrons. The van der Waals surface area contributed by atoms with Crippen LogP contribution in [0.5, 0.6) is 0 Å². The minimum Gasteiger partial charge on any atom is -0.215 e. The first kappa shape index (κ1) is 9.99. The van der Waals surface area contributed by atoms with Gasteiger partial charge in [-0.15, -0.1) is 0 Å². The Labute approximate surface area is 75.8 Å². The molecule has 0 spiro atoms. The number of thiol groups is 1. The minimum absolute atomic E-state index is 0.283. The summed E-state index contributed by atoms with van der Waals surface area (Å²) in [5, 5.41) is 0. The molecule has 0 aromatic heterocycles. The predicted octanol–water partition coefficient (Wildman–Crippen LogP) is 1.02. The van der Waals surface area contributed by atoms with Crippen molar-refractivity contribution < 1.29 is 8.42 Å². The lowest BCUT2D eigenvalue weighted by Crippen LogP contribution is -2.28. The van der Waals surface area contributed by atoms with Gasteiger partial charge in [-0.3, -0.25) is 0 Å². The summed E-state index contributed by atoms with van der Waals surface area (Å²) in [6.45, 7) is 5.00. The van der Waals surface area contributed by atoms with Crippen LogP contribution in [0.4, 0.5) is 0 Å². The van der Waals surface area contributed by atoms with E-state index in [1.54, 1.807) is 4.31 Å². The largest absolute Gasteiger partial charge is 0.215 e.